The first-order chi connectivity index (χ1) is 15.0. The Morgan fingerprint density at radius 3 is 2.58 bits per heavy atom. The minimum atomic E-state index is -0.245. The summed E-state index contributed by atoms with van der Waals surface area (Å²) in [6, 6.07) is 17.5. The van der Waals surface area contributed by atoms with Crippen molar-refractivity contribution in [1.29, 1.82) is 0 Å². The van der Waals surface area contributed by atoms with E-state index in [9.17, 15) is 4.79 Å². The normalized spacial score (nSPS) is 20.1. The number of carbonyl (C=O) groups excluding carboxylic acids is 1. The summed E-state index contributed by atoms with van der Waals surface area (Å²) >= 11 is 0. The highest BCUT2D eigenvalue weighted by atomic mass is 16.5. The molecular formula is C25H27N3O3. The highest BCUT2D eigenvalue weighted by Crippen LogP contribution is 2.44. The highest BCUT2D eigenvalue weighted by Gasteiger charge is 2.43. The molecule has 1 aromatic heterocycles. The Kier molecular flexibility index (Phi) is 5.02. The fourth-order valence-electron chi connectivity index (χ4n) is 4.73. The van der Waals surface area contributed by atoms with E-state index in [0.717, 1.165) is 49.2 Å². The van der Waals surface area contributed by atoms with Crippen LogP contribution in [0.15, 0.2) is 59.1 Å². The van der Waals surface area contributed by atoms with Gasteiger partial charge in [0.15, 0.2) is 5.76 Å². The number of hydrogen-bond donors (Lipinski definition) is 1. The zero-order valence-electron chi connectivity index (χ0n) is 17.9. The van der Waals surface area contributed by atoms with Gasteiger partial charge in [-0.2, -0.15) is 0 Å². The molecule has 6 heteroatoms. The maximum absolute atomic E-state index is 13.5. The van der Waals surface area contributed by atoms with E-state index >= 15 is 0 Å². The van der Waals surface area contributed by atoms with Gasteiger partial charge in [0.05, 0.1) is 11.7 Å². The van der Waals surface area contributed by atoms with Crippen molar-refractivity contribution >= 4 is 5.91 Å². The van der Waals surface area contributed by atoms with Crippen LogP contribution in [-0.4, -0.2) is 41.7 Å². The van der Waals surface area contributed by atoms with Crippen LogP contribution in [0, 0.1) is 6.92 Å². The number of aryl methyl sites for hydroxylation is 1. The molecule has 0 radical (unpaired) electrons. The monoisotopic (exact) mass is 417 g/mol. The van der Waals surface area contributed by atoms with Crippen molar-refractivity contribution in [3.8, 4) is 17.1 Å². The summed E-state index contributed by atoms with van der Waals surface area (Å²) in [5.74, 6) is 1.21. The molecule has 3 aromatic rings. The summed E-state index contributed by atoms with van der Waals surface area (Å²) in [4.78, 5) is 15.8. The van der Waals surface area contributed by atoms with Gasteiger partial charge in [0.2, 0.25) is 0 Å². The van der Waals surface area contributed by atoms with E-state index in [4.69, 9.17) is 9.26 Å². The molecule has 160 valence electrons. The SMILES string of the molecule is Cc1noc(-c2ccccc2)c1C(=O)NC1CC2(CCN(C)CC2)Oc2ccccc21. The van der Waals surface area contributed by atoms with Gasteiger partial charge in [-0.25, -0.2) is 0 Å². The Hall–Kier alpha value is -3.12. The van der Waals surface area contributed by atoms with Gasteiger partial charge in [-0.1, -0.05) is 53.7 Å². The average molecular weight is 418 g/mol. The van der Waals surface area contributed by atoms with E-state index in [-0.39, 0.29) is 17.6 Å². The summed E-state index contributed by atoms with van der Waals surface area (Å²) in [7, 11) is 2.14. The predicted molar refractivity (Wildman–Crippen MR) is 118 cm³/mol. The van der Waals surface area contributed by atoms with E-state index in [1.54, 1.807) is 6.92 Å². The van der Waals surface area contributed by atoms with Crippen LogP contribution < -0.4 is 10.1 Å². The zero-order valence-corrected chi connectivity index (χ0v) is 17.9. The number of carbonyl (C=O) groups is 1. The third-order valence-electron chi connectivity index (χ3n) is 6.53. The second-order valence-electron chi connectivity index (χ2n) is 8.69. The topological polar surface area (TPSA) is 67.6 Å². The second kappa shape index (κ2) is 7.85. The van der Waals surface area contributed by atoms with Crippen LogP contribution in [0.3, 0.4) is 0 Å². The van der Waals surface area contributed by atoms with Crippen molar-refractivity contribution in [1.82, 2.24) is 15.4 Å². The van der Waals surface area contributed by atoms with Crippen LogP contribution in [0.2, 0.25) is 0 Å². The van der Waals surface area contributed by atoms with E-state index < -0.39 is 0 Å². The lowest BCUT2D eigenvalue weighted by atomic mass is 9.80. The minimum absolute atomic E-state index is 0.126. The first kappa shape index (κ1) is 19.8. The molecule has 1 fully saturated rings. The molecule has 6 nitrogen and oxygen atoms in total. The minimum Gasteiger partial charge on any atom is -0.487 e. The molecule has 1 atom stereocenters. The van der Waals surface area contributed by atoms with Crippen molar-refractivity contribution in [2.45, 2.75) is 37.8 Å². The molecule has 5 rings (SSSR count). The van der Waals surface area contributed by atoms with Crippen molar-refractivity contribution in [3.63, 3.8) is 0 Å². The molecule has 1 spiro atoms. The molecule has 0 bridgehead atoms. The lowest BCUT2D eigenvalue weighted by Gasteiger charge is -2.46. The van der Waals surface area contributed by atoms with Gasteiger partial charge in [0.1, 0.15) is 16.9 Å². The number of fused-ring (bicyclic) bond motifs is 1. The number of nitrogens with one attached hydrogen (secondary N) is 1. The number of para-hydroxylation sites is 1. The van der Waals surface area contributed by atoms with Crippen LogP contribution in [0.25, 0.3) is 11.3 Å². The zero-order chi connectivity index (χ0) is 21.4. The van der Waals surface area contributed by atoms with Crippen LogP contribution in [0.5, 0.6) is 5.75 Å². The van der Waals surface area contributed by atoms with E-state index in [2.05, 4.69) is 22.4 Å². The number of hydrogen-bond acceptors (Lipinski definition) is 5. The van der Waals surface area contributed by atoms with Crippen LogP contribution in [0.4, 0.5) is 0 Å². The number of nitrogens with zero attached hydrogens (tertiary/aromatic N) is 2. The summed E-state index contributed by atoms with van der Waals surface area (Å²) in [6.07, 6.45) is 2.66. The van der Waals surface area contributed by atoms with Gasteiger partial charge < -0.3 is 19.5 Å². The summed E-state index contributed by atoms with van der Waals surface area (Å²) in [5.41, 5.74) is 2.70. The molecule has 2 aromatic carbocycles. The van der Waals surface area contributed by atoms with Crippen molar-refractivity contribution < 1.29 is 14.1 Å². The number of aromatic nitrogens is 1. The summed E-state index contributed by atoms with van der Waals surface area (Å²) < 4.78 is 12.1. The summed E-state index contributed by atoms with van der Waals surface area (Å²) in [5, 5.41) is 7.36. The van der Waals surface area contributed by atoms with E-state index in [0.29, 0.717) is 17.0 Å². The molecular weight excluding hydrogens is 390 g/mol. The Bertz CT molecular complexity index is 1080. The Morgan fingerprint density at radius 2 is 1.81 bits per heavy atom. The number of piperidine rings is 1. The Balaban J connectivity index is 1.46. The van der Waals surface area contributed by atoms with Gasteiger partial charge in [-0.3, -0.25) is 4.79 Å². The number of amides is 1. The molecule has 0 aliphatic carbocycles. The Labute approximate surface area is 182 Å². The fraction of sp³-hybridized carbons (Fsp3) is 0.360. The van der Waals surface area contributed by atoms with Gasteiger partial charge in [0.25, 0.3) is 5.91 Å². The third kappa shape index (κ3) is 3.72. The van der Waals surface area contributed by atoms with Crippen molar-refractivity contribution in [3.05, 3.63) is 71.4 Å². The Morgan fingerprint density at radius 1 is 1.10 bits per heavy atom. The molecule has 0 saturated carbocycles. The van der Waals surface area contributed by atoms with E-state index in [1.807, 2.05) is 54.6 Å². The number of ether oxygens (including phenoxy) is 1. The molecule has 1 N–H and O–H groups in total. The second-order valence-corrected chi connectivity index (χ2v) is 8.69. The fourth-order valence-corrected chi connectivity index (χ4v) is 4.73. The molecule has 31 heavy (non-hydrogen) atoms. The van der Waals surface area contributed by atoms with Crippen molar-refractivity contribution in [2.75, 3.05) is 20.1 Å². The molecule has 3 heterocycles. The standard InChI is InChI=1S/C25H27N3O3/c1-17-22(23(31-27-17)18-8-4-3-5-9-18)24(29)26-20-16-25(12-14-28(2)15-13-25)30-21-11-7-6-10-19(20)21/h3-11,20H,12-16H2,1-2H3,(H,26,29). The first-order valence-corrected chi connectivity index (χ1v) is 10.8. The van der Waals surface area contributed by atoms with Crippen LogP contribution >= 0.6 is 0 Å². The first-order valence-electron chi connectivity index (χ1n) is 10.8. The van der Waals surface area contributed by atoms with E-state index in [1.165, 1.54) is 0 Å². The average Bonchev–Trinajstić information content (AvgIpc) is 3.18. The number of benzene rings is 2. The van der Waals surface area contributed by atoms with Crippen LogP contribution in [-0.2, 0) is 0 Å². The maximum Gasteiger partial charge on any atom is 0.257 e. The molecule has 1 saturated heterocycles. The van der Waals surface area contributed by atoms with Gasteiger partial charge in [-0.05, 0) is 32.9 Å². The third-order valence-corrected chi connectivity index (χ3v) is 6.53. The summed E-state index contributed by atoms with van der Waals surface area (Å²) in [6.45, 7) is 3.79. The predicted octanol–water partition coefficient (Wildman–Crippen LogP) is 4.37. The lowest BCUT2D eigenvalue weighted by Crippen LogP contribution is -2.51. The van der Waals surface area contributed by atoms with Gasteiger partial charge in [0, 0.05) is 30.6 Å². The number of likely N-dealkylation sites (tertiary alicyclic amines) is 1. The van der Waals surface area contributed by atoms with Crippen LogP contribution in [0.1, 0.15) is 46.9 Å². The maximum atomic E-state index is 13.5. The molecule has 2 aliphatic rings. The number of rotatable bonds is 3. The molecule has 1 amide bonds. The molecule has 2 aliphatic heterocycles. The lowest BCUT2D eigenvalue weighted by molar-refractivity contribution is -0.0195. The highest BCUT2D eigenvalue weighted by molar-refractivity contribution is 6.00. The largest absolute Gasteiger partial charge is 0.487 e. The van der Waals surface area contributed by atoms with Gasteiger partial charge >= 0.3 is 0 Å². The quantitative estimate of drug-likeness (QED) is 0.686. The molecule has 1 unspecified atom stereocenters. The van der Waals surface area contributed by atoms with Gasteiger partial charge in [-0.15, -0.1) is 0 Å². The van der Waals surface area contributed by atoms with Crippen molar-refractivity contribution in [2.24, 2.45) is 0 Å². The smallest absolute Gasteiger partial charge is 0.257 e.